The molecule has 0 saturated carbocycles. The van der Waals surface area contributed by atoms with E-state index in [-0.39, 0.29) is 11.8 Å². The molecule has 0 unspecified atom stereocenters. The molecule has 0 spiro atoms. The quantitative estimate of drug-likeness (QED) is 0.662. The monoisotopic (exact) mass is 394 g/mol. The van der Waals surface area contributed by atoms with Gasteiger partial charge in [-0.1, -0.05) is 25.1 Å². The van der Waals surface area contributed by atoms with E-state index in [4.69, 9.17) is 4.42 Å². The number of anilines is 1. The van der Waals surface area contributed by atoms with Gasteiger partial charge < -0.3 is 15.1 Å². The van der Waals surface area contributed by atoms with Crippen LogP contribution in [0.15, 0.2) is 53.1 Å². The molecule has 2 aromatic heterocycles. The molecule has 1 aliphatic carbocycles. The van der Waals surface area contributed by atoms with Crippen molar-refractivity contribution in [2.75, 3.05) is 5.32 Å². The van der Waals surface area contributed by atoms with Crippen LogP contribution in [0.4, 0.5) is 5.00 Å². The minimum Gasteiger partial charge on any atom is -0.467 e. The maximum Gasteiger partial charge on any atom is 0.256 e. The summed E-state index contributed by atoms with van der Waals surface area (Å²) < 4.78 is 5.30. The molecule has 28 heavy (non-hydrogen) atoms. The number of rotatable bonds is 5. The van der Waals surface area contributed by atoms with Crippen LogP contribution in [0.2, 0.25) is 0 Å². The van der Waals surface area contributed by atoms with Gasteiger partial charge in [0, 0.05) is 10.4 Å². The van der Waals surface area contributed by atoms with Crippen LogP contribution in [0, 0.1) is 5.92 Å². The Morgan fingerprint density at radius 1 is 1.14 bits per heavy atom. The van der Waals surface area contributed by atoms with Crippen molar-refractivity contribution in [3.05, 3.63) is 76.1 Å². The minimum absolute atomic E-state index is 0.174. The zero-order chi connectivity index (χ0) is 19.5. The molecule has 1 atom stereocenters. The predicted octanol–water partition coefficient (Wildman–Crippen LogP) is 4.65. The van der Waals surface area contributed by atoms with Gasteiger partial charge in [0.15, 0.2) is 0 Å². The molecule has 2 amide bonds. The normalized spacial score (nSPS) is 15.7. The highest BCUT2D eigenvalue weighted by molar-refractivity contribution is 7.17. The summed E-state index contributed by atoms with van der Waals surface area (Å²) in [7, 11) is 0. The van der Waals surface area contributed by atoms with Gasteiger partial charge in [-0.2, -0.15) is 0 Å². The topological polar surface area (TPSA) is 71.3 Å². The van der Waals surface area contributed by atoms with Crippen molar-refractivity contribution in [3.63, 3.8) is 0 Å². The van der Waals surface area contributed by atoms with E-state index < -0.39 is 0 Å². The largest absolute Gasteiger partial charge is 0.467 e. The second kappa shape index (κ2) is 8.02. The van der Waals surface area contributed by atoms with Gasteiger partial charge in [0.2, 0.25) is 0 Å². The molecule has 3 aromatic rings. The molecule has 6 heteroatoms. The first kappa shape index (κ1) is 18.5. The molecular weight excluding hydrogens is 372 g/mol. The van der Waals surface area contributed by atoms with Crippen molar-refractivity contribution in [1.29, 1.82) is 0 Å². The SMILES string of the molecule is C[C@H]1CCc2c(sc(NC(=O)c3ccccc3)c2C(=O)NCc2ccco2)C1. The van der Waals surface area contributed by atoms with Crippen molar-refractivity contribution in [2.24, 2.45) is 5.92 Å². The fourth-order valence-corrected chi connectivity index (χ4v) is 4.92. The van der Waals surface area contributed by atoms with Crippen LogP contribution >= 0.6 is 11.3 Å². The molecule has 0 saturated heterocycles. The maximum atomic E-state index is 13.0. The Kier molecular flexibility index (Phi) is 5.30. The van der Waals surface area contributed by atoms with E-state index in [1.807, 2.05) is 24.3 Å². The number of fused-ring (bicyclic) bond motifs is 1. The predicted molar refractivity (Wildman–Crippen MR) is 110 cm³/mol. The number of hydrogen-bond acceptors (Lipinski definition) is 4. The Labute approximate surface area is 167 Å². The van der Waals surface area contributed by atoms with Gasteiger partial charge in [0.05, 0.1) is 18.4 Å². The standard InChI is InChI=1S/C22H22N2O3S/c1-14-9-10-17-18(12-14)28-22(24-20(25)15-6-3-2-4-7-15)19(17)21(26)23-13-16-8-5-11-27-16/h2-8,11,14H,9-10,12-13H2,1H3,(H,23,26)(H,24,25)/t14-/m0/s1. The number of carbonyl (C=O) groups excluding carboxylic acids is 2. The van der Waals surface area contributed by atoms with Crippen LogP contribution in [-0.4, -0.2) is 11.8 Å². The Hall–Kier alpha value is -2.86. The van der Waals surface area contributed by atoms with Gasteiger partial charge in [0.1, 0.15) is 10.8 Å². The number of hydrogen-bond donors (Lipinski definition) is 2. The lowest BCUT2D eigenvalue weighted by molar-refractivity contribution is 0.0948. The zero-order valence-electron chi connectivity index (χ0n) is 15.7. The van der Waals surface area contributed by atoms with Crippen LogP contribution in [0.25, 0.3) is 0 Å². The molecule has 2 N–H and O–H groups in total. The van der Waals surface area contributed by atoms with Crippen molar-refractivity contribution in [3.8, 4) is 0 Å². The summed E-state index contributed by atoms with van der Waals surface area (Å²) >= 11 is 1.52. The number of nitrogens with one attached hydrogen (secondary N) is 2. The van der Waals surface area contributed by atoms with E-state index in [0.717, 1.165) is 24.8 Å². The minimum atomic E-state index is -0.202. The van der Waals surface area contributed by atoms with E-state index in [1.54, 1.807) is 24.5 Å². The summed E-state index contributed by atoms with van der Waals surface area (Å²) in [6.45, 7) is 2.54. The average Bonchev–Trinajstić information content (AvgIpc) is 3.34. The second-order valence-corrected chi connectivity index (χ2v) is 8.24. The van der Waals surface area contributed by atoms with Gasteiger partial charge >= 0.3 is 0 Å². The first-order valence-electron chi connectivity index (χ1n) is 9.43. The van der Waals surface area contributed by atoms with Crippen molar-refractivity contribution in [1.82, 2.24) is 5.32 Å². The Morgan fingerprint density at radius 3 is 2.71 bits per heavy atom. The van der Waals surface area contributed by atoms with E-state index in [2.05, 4.69) is 17.6 Å². The molecule has 5 nitrogen and oxygen atoms in total. The lowest BCUT2D eigenvalue weighted by atomic mass is 9.88. The van der Waals surface area contributed by atoms with E-state index in [9.17, 15) is 9.59 Å². The second-order valence-electron chi connectivity index (χ2n) is 7.14. The smallest absolute Gasteiger partial charge is 0.256 e. The van der Waals surface area contributed by atoms with Crippen LogP contribution in [0.3, 0.4) is 0 Å². The van der Waals surface area contributed by atoms with Crippen molar-refractivity contribution < 1.29 is 14.0 Å². The van der Waals surface area contributed by atoms with Crippen molar-refractivity contribution >= 4 is 28.2 Å². The number of amides is 2. The number of furan rings is 1. The van der Waals surface area contributed by atoms with E-state index in [1.165, 1.54) is 16.2 Å². The van der Waals surface area contributed by atoms with Gasteiger partial charge in [-0.05, 0) is 55.0 Å². The number of carbonyl (C=O) groups is 2. The molecule has 0 fully saturated rings. The van der Waals surface area contributed by atoms with E-state index >= 15 is 0 Å². The molecular formula is C22H22N2O3S. The summed E-state index contributed by atoms with van der Waals surface area (Å²) in [5.74, 6) is 0.906. The lowest BCUT2D eigenvalue weighted by Crippen LogP contribution is -2.25. The summed E-state index contributed by atoms with van der Waals surface area (Å²) in [4.78, 5) is 26.9. The molecule has 0 bridgehead atoms. The molecule has 2 heterocycles. The summed E-state index contributed by atoms with van der Waals surface area (Å²) in [5, 5.41) is 6.52. The Balaban J connectivity index is 1.61. The van der Waals surface area contributed by atoms with Crippen LogP contribution in [0.1, 0.15) is 50.3 Å². The fourth-order valence-electron chi connectivity index (χ4n) is 3.51. The molecule has 4 rings (SSSR count). The van der Waals surface area contributed by atoms with Crippen LogP contribution in [-0.2, 0) is 19.4 Å². The van der Waals surface area contributed by atoms with E-state index in [0.29, 0.717) is 34.4 Å². The molecule has 1 aromatic carbocycles. The van der Waals surface area contributed by atoms with Crippen LogP contribution in [0.5, 0.6) is 0 Å². The third-order valence-electron chi connectivity index (χ3n) is 5.01. The fraction of sp³-hybridized carbons (Fsp3) is 0.273. The first-order valence-corrected chi connectivity index (χ1v) is 10.2. The molecule has 1 aliphatic rings. The number of benzene rings is 1. The average molecular weight is 394 g/mol. The highest BCUT2D eigenvalue weighted by Crippen LogP contribution is 2.39. The zero-order valence-corrected chi connectivity index (χ0v) is 16.5. The van der Waals surface area contributed by atoms with Gasteiger partial charge in [-0.15, -0.1) is 11.3 Å². The summed E-state index contributed by atoms with van der Waals surface area (Å²) in [5.41, 5.74) is 2.25. The summed E-state index contributed by atoms with van der Waals surface area (Å²) in [6, 6.07) is 12.7. The summed E-state index contributed by atoms with van der Waals surface area (Å²) in [6.07, 6.45) is 4.44. The van der Waals surface area contributed by atoms with Crippen molar-refractivity contribution in [2.45, 2.75) is 32.7 Å². The lowest BCUT2D eigenvalue weighted by Gasteiger charge is -2.18. The molecule has 0 radical (unpaired) electrons. The van der Waals surface area contributed by atoms with Gasteiger partial charge in [-0.3, -0.25) is 9.59 Å². The van der Waals surface area contributed by atoms with Crippen LogP contribution < -0.4 is 10.6 Å². The Morgan fingerprint density at radius 2 is 1.96 bits per heavy atom. The number of thiophene rings is 1. The third kappa shape index (κ3) is 3.87. The van der Waals surface area contributed by atoms with Gasteiger partial charge in [-0.25, -0.2) is 0 Å². The first-order chi connectivity index (χ1) is 13.6. The molecule has 0 aliphatic heterocycles. The van der Waals surface area contributed by atoms with Gasteiger partial charge in [0.25, 0.3) is 11.8 Å². The molecule has 144 valence electrons. The Bertz CT molecular complexity index is 977. The highest BCUT2D eigenvalue weighted by Gasteiger charge is 2.28. The highest BCUT2D eigenvalue weighted by atomic mass is 32.1. The third-order valence-corrected chi connectivity index (χ3v) is 6.17. The maximum absolute atomic E-state index is 13.0.